The molecule has 1 amide bonds. The fraction of sp³-hybridized carbons (Fsp3) is 0.360. The number of benzene rings is 2. The van der Waals surface area contributed by atoms with E-state index in [-0.39, 0.29) is 11.7 Å². The quantitative estimate of drug-likeness (QED) is 0.466. The SMILES string of the molecule is Cc1ccc(NC(=O)CCC2CCCCC2)cc1/C=C(\C#N)c1ccc(O)cc1. The van der Waals surface area contributed by atoms with Crippen molar-refractivity contribution in [2.24, 2.45) is 5.92 Å². The molecule has 0 saturated heterocycles. The number of nitrogens with zero attached hydrogens (tertiary/aromatic N) is 1. The van der Waals surface area contributed by atoms with E-state index in [1.54, 1.807) is 24.3 Å². The molecule has 4 heteroatoms. The number of hydrogen-bond acceptors (Lipinski definition) is 3. The van der Waals surface area contributed by atoms with Crippen molar-refractivity contribution in [1.82, 2.24) is 0 Å². The zero-order chi connectivity index (χ0) is 20.6. The summed E-state index contributed by atoms with van der Waals surface area (Å²) in [5, 5.41) is 22.0. The van der Waals surface area contributed by atoms with E-state index in [0.717, 1.165) is 28.8 Å². The molecular formula is C25H28N2O2. The minimum Gasteiger partial charge on any atom is -0.508 e. The van der Waals surface area contributed by atoms with Gasteiger partial charge in [0.1, 0.15) is 5.75 Å². The Hall–Kier alpha value is -3.06. The van der Waals surface area contributed by atoms with Crippen molar-refractivity contribution in [3.8, 4) is 11.8 Å². The molecule has 0 spiro atoms. The number of nitrogens with one attached hydrogen (secondary N) is 1. The van der Waals surface area contributed by atoms with Gasteiger partial charge in [-0.25, -0.2) is 0 Å². The fourth-order valence-electron chi connectivity index (χ4n) is 3.88. The van der Waals surface area contributed by atoms with E-state index in [0.29, 0.717) is 17.9 Å². The molecule has 0 heterocycles. The third-order valence-electron chi connectivity index (χ3n) is 5.67. The van der Waals surface area contributed by atoms with E-state index in [4.69, 9.17) is 0 Å². The van der Waals surface area contributed by atoms with Crippen LogP contribution < -0.4 is 5.32 Å². The summed E-state index contributed by atoms with van der Waals surface area (Å²) >= 11 is 0. The smallest absolute Gasteiger partial charge is 0.224 e. The van der Waals surface area contributed by atoms with E-state index in [9.17, 15) is 15.2 Å². The van der Waals surface area contributed by atoms with Crippen LogP contribution in [0.5, 0.6) is 5.75 Å². The van der Waals surface area contributed by atoms with Crippen LogP contribution in [0.1, 0.15) is 61.6 Å². The summed E-state index contributed by atoms with van der Waals surface area (Å²) in [5.41, 5.74) is 3.91. The topological polar surface area (TPSA) is 73.1 Å². The van der Waals surface area contributed by atoms with Gasteiger partial charge in [0.25, 0.3) is 0 Å². The summed E-state index contributed by atoms with van der Waals surface area (Å²) in [7, 11) is 0. The summed E-state index contributed by atoms with van der Waals surface area (Å²) in [6.07, 6.45) is 9.76. The fourth-order valence-corrected chi connectivity index (χ4v) is 3.88. The van der Waals surface area contributed by atoms with E-state index in [2.05, 4.69) is 11.4 Å². The number of phenolic OH excluding ortho intramolecular Hbond substituents is 1. The van der Waals surface area contributed by atoms with Gasteiger partial charge in [0, 0.05) is 12.1 Å². The summed E-state index contributed by atoms with van der Waals surface area (Å²) in [5.74, 6) is 0.906. The maximum atomic E-state index is 12.4. The highest BCUT2D eigenvalue weighted by atomic mass is 16.3. The van der Waals surface area contributed by atoms with Gasteiger partial charge >= 0.3 is 0 Å². The van der Waals surface area contributed by atoms with Gasteiger partial charge in [-0.1, -0.05) is 38.2 Å². The van der Waals surface area contributed by atoms with Crippen molar-refractivity contribution in [2.75, 3.05) is 5.32 Å². The lowest BCUT2D eigenvalue weighted by Gasteiger charge is -2.21. The molecule has 0 bridgehead atoms. The Morgan fingerprint density at radius 1 is 1.17 bits per heavy atom. The van der Waals surface area contributed by atoms with Crippen LogP contribution in [0.4, 0.5) is 5.69 Å². The number of nitriles is 1. The predicted octanol–water partition coefficient (Wildman–Crippen LogP) is 6.06. The van der Waals surface area contributed by atoms with Gasteiger partial charge in [0.05, 0.1) is 11.6 Å². The van der Waals surface area contributed by atoms with Crippen molar-refractivity contribution in [3.05, 3.63) is 59.2 Å². The number of anilines is 1. The average Bonchev–Trinajstić information content (AvgIpc) is 2.74. The molecule has 1 aliphatic rings. The second-order valence-corrected chi connectivity index (χ2v) is 7.88. The maximum Gasteiger partial charge on any atom is 0.224 e. The van der Waals surface area contributed by atoms with Crippen LogP contribution in [0.15, 0.2) is 42.5 Å². The van der Waals surface area contributed by atoms with Crippen LogP contribution in [0.2, 0.25) is 0 Å². The van der Waals surface area contributed by atoms with Crippen molar-refractivity contribution in [2.45, 2.75) is 51.9 Å². The third kappa shape index (κ3) is 5.96. The minimum absolute atomic E-state index is 0.0494. The molecule has 4 nitrogen and oxygen atoms in total. The van der Waals surface area contributed by atoms with Crippen LogP contribution in [-0.4, -0.2) is 11.0 Å². The average molecular weight is 389 g/mol. The number of aryl methyl sites for hydroxylation is 1. The molecule has 2 aromatic rings. The molecule has 0 radical (unpaired) electrons. The largest absolute Gasteiger partial charge is 0.508 e. The predicted molar refractivity (Wildman–Crippen MR) is 117 cm³/mol. The number of aromatic hydroxyl groups is 1. The summed E-state index contributed by atoms with van der Waals surface area (Å²) in [6.45, 7) is 1.98. The highest BCUT2D eigenvalue weighted by Gasteiger charge is 2.15. The Kier molecular flexibility index (Phi) is 7.08. The normalized spacial score (nSPS) is 15.0. The van der Waals surface area contributed by atoms with Gasteiger partial charge < -0.3 is 10.4 Å². The zero-order valence-electron chi connectivity index (χ0n) is 16.9. The van der Waals surface area contributed by atoms with Gasteiger partial charge in [-0.05, 0) is 78.4 Å². The molecule has 1 aliphatic carbocycles. The number of amides is 1. The van der Waals surface area contributed by atoms with Crippen LogP contribution in [0.25, 0.3) is 11.6 Å². The van der Waals surface area contributed by atoms with E-state index in [1.165, 1.54) is 32.1 Å². The molecule has 0 aliphatic heterocycles. The van der Waals surface area contributed by atoms with Gasteiger partial charge in [0.15, 0.2) is 0 Å². The lowest BCUT2D eigenvalue weighted by Crippen LogP contribution is -2.15. The molecule has 2 aromatic carbocycles. The first-order chi connectivity index (χ1) is 14.0. The van der Waals surface area contributed by atoms with Gasteiger partial charge in [-0.15, -0.1) is 0 Å². The molecule has 0 unspecified atom stereocenters. The number of carbonyl (C=O) groups is 1. The van der Waals surface area contributed by atoms with E-state index >= 15 is 0 Å². The number of rotatable bonds is 6. The molecule has 29 heavy (non-hydrogen) atoms. The van der Waals surface area contributed by atoms with Crippen LogP contribution in [0, 0.1) is 24.2 Å². The van der Waals surface area contributed by atoms with Crippen LogP contribution >= 0.6 is 0 Å². The first-order valence-electron chi connectivity index (χ1n) is 10.4. The lowest BCUT2D eigenvalue weighted by atomic mass is 9.86. The second-order valence-electron chi connectivity index (χ2n) is 7.88. The van der Waals surface area contributed by atoms with Crippen molar-refractivity contribution in [1.29, 1.82) is 5.26 Å². The third-order valence-corrected chi connectivity index (χ3v) is 5.67. The number of phenols is 1. The highest BCUT2D eigenvalue weighted by Crippen LogP contribution is 2.28. The summed E-state index contributed by atoms with van der Waals surface area (Å²) in [6, 6.07) is 14.6. The van der Waals surface area contributed by atoms with Crippen molar-refractivity contribution in [3.63, 3.8) is 0 Å². The zero-order valence-corrected chi connectivity index (χ0v) is 16.9. The Morgan fingerprint density at radius 3 is 2.59 bits per heavy atom. The van der Waals surface area contributed by atoms with Gasteiger partial charge in [-0.3, -0.25) is 4.79 Å². The van der Waals surface area contributed by atoms with E-state index < -0.39 is 0 Å². The molecule has 150 valence electrons. The molecule has 1 saturated carbocycles. The molecule has 2 N–H and O–H groups in total. The Morgan fingerprint density at radius 2 is 1.90 bits per heavy atom. The van der Waals surface area contributed by atoms with E-state index in [1.807, 2.05) is 31.2 Å². The Balaban J connectivity index is 1.69. The monoisotopic (exact) mass is 388 g/mol. The minimum atomic E-state index is 0.0494. The highest BCUT2D eigenvalue weighted by molar-refractivity contribution is 5.93. The molecule has 3 rings (SSSR count). The molecular weight excluding hydrogens is 360 g/mol. The molecule has 1 fully saturated rings. The van der Waals surface area contributed by atoms with Gasteiger partial charge in [-0.2, -0.15) is 5.26 Å². The molecule has 0 aromatic heterocycles. The van der Waals surface area contributed by atoms with Crippen LogP contribution in [0.3, 0.4) is 0 Å². The van der Waals surface area contributed by atoms with Gasteiger partial charge in [0.2, 0.25) is 5.91 Å². The first-order valence-corrected chi connectivity index (χ1v) is 10.4. The second kappa shape index (κ2) is 9.93. The Labute approximate surface area is 172 Å². The van der Waals surface area contributed by atoms with Crippen LogP contribution in [-0.2, 0) is 4.79 Å². The van der Waals surface area contributed by atoms with Crippen molar-refractivity contribution >= 4 is 23.2 Å². The number of carbonyl (C=O) groups excluding carboxylic acids is 1. The Bertz CT molecular complexity index is 917. The number of allylic oxidation sites excluding steroid dienone is 1. The molecule has 0 atom stereocenters. The summed E-state index contributed by atoms with van der Waals surface area (Å²) in [4.78, 5) is 12.4. The van der Waals surface area contributed by atoms with Crippen molar-refractivity contribution < 1.29 is 9.90 Å². The first kappa shape index (κ1) is 20.7. The number of hydrogen-bond donors (Lipinski definition) is 2. The maximum absolute atomic E-state index is 12.4. The summed E-state index contributed by atoms with van der Waals surface area (Å²) < 4.78 is 0. The lowest BCUT2D eigenvalue weighted by molar-refractivity contribution is -0.116. The standard InChI is InChI=1S/C25H28N2O2/c1-18-7-11-23(27-25(29)14-8-19-5-3-2-4-6-19)16-21(18)15-22(17-26)20-9-12-24(28)13-10-20/h7,9-13,15-16,19,28H,2-6,8,14H2,1H3,(H,27,29)/b22-15+.